The van der Waals surface area contributed by atoms with Crippen LogP contribution in [0.3, 0.4) is 0 Å². The van der Waals surface area contributed by atoms with E-state index in [0.29, 0.717) is 64.8 Å². The first-order chi connectivity index (χ1) is 16.3. The van der Waals surface area contributed by atoms with E-state index in [9.17, 15) is 19.2 Å². The maximum Gasteiger partial charge on any atom is 0.348 e. The number of likely N-dealkylation sites (tertiary alicyclic amines) is 1. The van der Waals surface area contributed by atoms with Crippen LogP contribution in [0.1, 0.15) is 55.3 Å². The summed E-state index contributed by atoms with van der Waals surface area (Å²) in [4.78, 5) is 59.5. The number of aromatic nitrogens is 2. The number of fused-ring (bicyclic) bond motifs is 1. The third kappa shape index (κ3) is 5.63. The predicted molar refractivity (Wildman–Crippen MR) is 134 cm³/mol. The summed E-state index contributed by atoms with van der Waals surface area (Å²) in [5, 5.41) is 0.854. The molecule has 3 heterocycles. The Morgan fingerprint density at radius 2 is 1.91 bits per heavy atom. The molecule has 186 valence electrons. The van der Waals surface area contributed by atoms with E-state index in [2.05, 4.69) is 0 Å². The fourth-order valence-corrected chi connectivity index (χ4v) is 6.09. The predicted octanol–water partition coefficient (Wildman–Crippen LogP) is 2.92. The normalized spacial score (nSPS) is 13.6. The highest BCUT2D eigenvalue weighted by Gasteiger charge is 2.24. The molecule has 0 N–H and O–H groups in total. The van der Waals surface area contributed by atoms with E-state index in [1.165, 1.54) is 11.8 Å². The van der Waals surface area contributed by atoms with Crippen LogP contribution in [-0.2, 0) is 20.9 Å². The van der Waals surface area contributed by atoms with Gasteiger partial charge in [-0.25, -0.2) is 9.78 Å². The molecule has 0 atom stereocenters. The summed E-state index contributed by atoms with van der Waals surface area (Å²) in [6.45, 7) is 10.5. The summed E-state index contributed by atoms with van der Waals surface area (Å²) in [6.07, 6.45) is 2.04. The van der Waals surface area contributed by atoms with Gasteiger partial charge in [0.05, 0.1) is 17.7 Å². The number of rotatable bonds is 11. The molecule has 0 aromatic carbocycles. The molecule has 1 aliphatic heterocycles. The smallest absolute Gasteiger partial charge is 0.348 e. The molecule has 0 aliphatic carbocycles. The van der Waals surface area contributed by atoms with Crippen molar-refractivity contribution >= 4 is 51.1 Å². The van der Waals surface area contributed by atoms with Crippen molar-refractivity contribution in [3.63, 3.8) is 0 Å². The second-order valence-corrected chi connectivity index (χ2v) is 9.94. The number of hydrogen-bond donors (Lipinski definition) is 0. The van der Waals surface area contributed by atoms with Crippen LogP contribution in [0.2, 0.25) is 0 Å². The molecule has 0 saturated carbocycles. The topological polar surface area (TPSA) is 102 Å². The Labute approximate surface area is 207 Å². The number of hydrogen-bond acceptors (Lipinski definition) is 8. The van der Waals surface area contributed by atoms with Gasteiger partial charge in [-0.1, -0.05) is 11.8 Å². The molecule has 0 radical (unpaired) electrons. The van der Waals surface area contributed by atoms with Crippen molar-refractivity contribution in [2.24, 2.45) is 0 Å². The molecule has 1 fully saturated rings. The maximum absolute atomic E-state index is 13.5. The van der Waals surface area contributed by atoms with E-state index in [1.54, 1.807) is 23.3 Å². The highest BCUT2D eigenvalue weighted by molar-refractivity contribution is 7.99. The first kappa shape index (κ1) is 26.2. The molecule has 2 aromatic rings. The van der Waals surface area contributed by atoms with Crippen molar-refractivity contribution in [1.29, 1.82) is 0 Å². The molecule has 3 rings (SSSR count). The van der Waals surface area contributed by atoms with Crippen molar-refractivity contribution in [1.82, 2.24) is 19.4 Å². The zero-order valence-corrected chi connectivity index (χ0v) is 21.9. The van der Waals surface area contributed by atoms with Gasteiger partial charge in [0.2, 0.25) is 11.8 Å². The van der Waals surface area contributed by atoms with E-state index < -0.39 is 5.97 Å². The highest BCUT2D eigenvalue weighted by Crippen LogP contribution is 2.30. The minimum Gasteiger partial charge on any atom is -0.462 e. The van der Waals surface area contributed by atoms with E-state index in [0.717, 1.165) is 24.3 Å². The lowest BCUT2D eigenvalue weighted by molar-refractivity contribution is -0.128. The Kier molecular flexibility index (Phi) is 9.12. The summed E-state index contributed by atoms with van der Waals surface area (Å²) in [7, 11) is 0. The molecular formula is C23H32N4O5S2. The lowest BCUT2D eigenvalue weighted by Crippen LogP contribution is -2.32. The van der Waals surface area contributed by atoms with Gasteiger partial charge in [-0.3, -0.25) is 19.0 Å². The number of ether oxygens (including phenoxy) is 1. The van der Waals surface area contributed by atoms with Gasteiger partial charge in [0, 0.05) is 39.1 Å². The number of carbonyl (C=O) groups excluding carboxylic acids is 3. The molecule has 2 amide bonds. The Morgan fingerprint density at radius 1 is 1.18 bits per heavy atom. The van der Waals surface area contributed by atoms with Crippen molar-refractivity contribution < 1.29 is 19.1 Å². The second kappa shape index (κ2) is 11.8. The van der Waals surface area contributed by atoms with Gasteiger partial charge >= 0.3 is 5.97 Å². The summed E-state index contributed by atoms with van der Waals surface area (Å²) in [6, 6.07) is 0. The van der Waals surface area contributed by atoms with Crippen LogP contribution in [-0.4, -0.2) is 75.7 Å². The van der Waals surface area contributed by atoms with Crippen molar-refractivity contribution in [3.05, 3.63) is 20.8 Å². The number of thiophene rings is 1. The van der Waals surface area contributed by atoms with Crippen LogP contribution < -0.4 is 5.56 Å². The Bertz CT molecular complexity index is 1120. The molecule has 2 aromatic heterocycles. The van der Waals surface area contributed by atoms with Gasteiger partial charge in [0.25, 0.3) is 5.56 Å². The van der Waals surface area contributed by atoms with Crippen LogP contribution in [0.25, 0.3) is 10.2 Å². The quantitative estimate of drug-likeness (QED) is 0.261. The summed E-state index contributed by atoms with van der Waals surface area (Å²) in [5.74, 6) is -0.173. The zero-order valence-electron chi connectivity index (χ0n) is 20.2. The van der Waals surface area contributed by atoms with E-state index in [-0.39, 0.29) is 29.7 Å². The monoisotopic (exact) mass is 508 g/mol. The number of esters is 1. The van der Waals surface area contributed by atoms with Crippen molar-refractivity contribution in [2.45, 2.75) is 58.7 Å². The van der Waals surface area contributed by atoms with Gasteiger partial charge in [-0.15, -0.1) is 11.3 Å². The molecule has 1 saturated heterocycles. The van der Waals surface area contributed by atoms with E-state index in [1.807, 2.05) is 18.7 Å². The molecule has 0 bridgehead atoms. The Morgan fingerprint density at radius 3 is 2.53 bits per heavy atom. The summed E-state index contributed by atoms with van der Waals surface area (Å²) >= 11 is 2.37. The number of carbonyl (C=O) groups is 3. The average Bonchev–Trinajstić information content (AvgIpc) is 3.37. The molecule has 9 nitrogen and oxygen atoms in total. The molecule has 0 unspecified atom stereocenters. The maximum atomic E-state index is 13.5. The van der Waals surface area contributed by atoms with Crippen molar-refractivity contribution in [3.8, 4) is 0 Å². The lowest BCUT2D eigenvalue weighted by atomic mass is 10.2. The van der Waals surface area contributed by atoms with Crippen LogP contribution in [0.4, 0.5) is 0 Å². The third-order valence-corrected chi connectivity index (χ3v) is 8.03. The third-order valence-electron chi connectivity index (χ3n) is 5.90. The van der Waals surface area contributed by atoms with Gasteiger partial charge < -0.3 is 14.5 Å². The van der Waals surface area contributed by atoms with Crippen LogP contribution in [0, 0.1) is 6.92 Å². The Hall–Kier alpha value is -2.40. The molecule has 1 aliphatic rings. The van der Waals surface area contributed by atoms with Crippen molar-refractivity contribution in [2.75, 3.05) is 38.5 Å². The number of aryl methyl sites for hydroxylation is 1. The molecular weight excluding hydrogens is 476 g/mol. The highest BCUT2D eigenvalue weighted by atomic mass is 32.2. The SMILES string of the molecule is CCOC(=O)c1sc2nc(SCC(=O)N(CC)CC)n(CCCN3CCCC3=O)c(=O)c2c1C. The largest absolute Gasteiger partial charge is 0.462 e. The fourth-order valence-electron chi connectivity index (χ4n) is 4.05. The van der Waals surface area contributed by atoms with Gasteiger partial charge in [0.15, 0.2) is 5.16 Å². The minimum atomic E-state index is -0.465. The second-order valence-electron chi connectivity index (χ2n) is 8.00. The number of thioether (sulfide) groups is 1. The number of amides is 2. The first-order valence-corrected chi connectivity index (χ1v) is 13.5. The minimum absolute atomic E-state index is 0.0202. The fraction of sp³-hybridized carbons (Fsp3) is 0.609. The van der Waals surface area contributed by atoms with Crippen LogP contribution in [0.5, 0.6) is 0 Å². The van der Waals surface area contributed by atoms with Crippen LogP contribution >= 0.6 is 23.1 Å². The average molecular weight is 509 g/mol. The Balaban J connectivity index is 1.93. The van der Waals surface area contributed by atoms with Gasteiger partial charge in [-0.05, 0) is 46.1 Å². The van der Waals surface area contributed by atoms with E-state index in [4.69, 9.17) is 9.72 Å². The zero-order chi connectivity index (χ0) is 24.8. The molecule has 11 heteroatoms. The van der Waals surface area contributed by atoms with E-state index >= 15 is 0 Å². The molecule has 34 heavy (non-hydrogen) atoms. The lowest BCUT2D eigenvalue weighted by Gasteiger charge is -2.19. The summed E-state index contributed by atoms with van der Waals surface area (Å²) in [5.41, 5.74) is 0.329. The number of nitrogens with zero attached hydrogens (tertiary/aromatic N) is 4. The van der Waals surface area contributed by atoms with Crippen LogP contribution in [0.15, 0.2) is 9.95 Å². The molecule has 0 spiro atoms. The van der Waals surface area contributed by atoms with Gasteiger partial charge in [0.1, 0.15) is 9.71 Å². The summed E-state index contributed by atoms with van der Waals surface area (Å²) < 4.78 is 6.72. The first-order valence-electron chi connectivity index (χ1n) is 11.7. The standard InChI is InChI=1S/C23H32N4O5S2/c1-5-25(6-2)17(29)14-33-23-24-20-18(15(4)19(34-20)22(31)32-7-3)21(30)27(23)13-9-12-26-11-8-10-16(26)28/h5-14H2,1-4H3. The van der Waals surface area contributed by atoms with Gasteiger partial charge in [-0.2, -0.15) is 0 Å².